The van der Waals surface area contributed by atoms with Gasteiger partial charge in [0.2, 0.25) is 5.91 Å². The maximum Gasteiger partial charge on any atom is 0.224 e. The summed E-state index contributed by atoms with van der Waals surface area (Å²) in [6, 6.07) is 6.05. The van der Waals surface area contributed by atoms with E-state index in [2.05, 4.69) is 28.6 Å². The Morgan fingerprint density at radius 3 is 2.76 bits per heavy atom. The number of carbonyl (C=O) groups is 1. The summed E-state index contributed by atoms with van der Waals surface area (Å²) in [6.07, 6.45) is 2.81. The molecule has 29 heavy (non-hydrogen) atoms. The van der Waals surface area contributed by atoms with Gasteiger partial charge in [0.25, 0.3) is 0 Å². The van der Waals surface area contributed by atoms with Crippen molar-refractivity contribution in [3.63, 3.8) is 0 Å². The van der Waals surface area contributed by atoms with Gasteiger partial charge in [-0.2, -0.15) is 0 Å². The van der Waals surface area contributed by atoms with Crippen molar-refractivity contribution in [2.45, 2.75) is 58.2 Å². The largest absolute Gasteiger partial charge is 0.356 e. The number of nitrogens with one attached hydrogen (secondary N) is 1. The number of piperidine rings is 1. The molecule has 1 amide bonds. The van der Waals surface area contributed by atoms with Crippen molar-refractivity contribution in [3.8, 4) is 0 Å². The van der Waals surface area contributed by atoms with Crippen LogP contribution >= 0.6 is 11.6 Å². The quantitative estimate of drug-likeness (QED) is 0.730. The van der Waals surface area contributed by atoms with Crippen molar-refractivity contribution in [2.24, 2.45) is 5.92 Å². The van der Waals surface area contributed by atoms with E-state index in [0.29, 0.717) is 25.2 Å². The molecule has 1 fully saturated rings. The Morgan fingerprint density at radius 1 is 1.28 bits per heavy atom. The van der Waals surface area contributed by atoms with Gasteiger partial charge in [-0.1, -0.05) is 25.4 Å². The number of H-pyrrole nitrogens is 1. The van der Waals surface area contributed by atoms with Gasteiger partial charge in [0.15, 0.2) is 0 Å². The summed E-state index contributed by atoms with van der Waals surface area (Å²) >= 11 is 6.24. The van der Waals surface area contributed by atoms with Crippen molar-refractivity contribution >= 4 is 28.4 Å². The topological polar surface area (TPSA) is 39.3 Å². The summed E-state index contributed by atoms with van der Waals surface area (Å²) < 4.78 is 13.4. The second-order valence-corrected chi connectivity index (χ2v) is 9.39. The molecule has 4 nitrogen and oxygen atoms in total. The van der Waals surface area contributed by atoms with Crippen LogP contribution in [0.15, 0.2) is 18.2 Å². The Hall–Kier alpha value is -1.59. The maximum atomic E-state index is 13.4. The number of aromatic amines is 1. The van der Waals surface area contributed by atoms with Crippen molar-refractivity contribution in [1.82, 2.24) is 14.8 Å². The Bertz CT molecular complexity index is 872. The normalized spacial score (nSPS) is 21.1. The maximum absolute atomic E-state index is 13.4. The second kappa shape index (κ2) is 8.65. The molecule has 0 bridgehead atoms. The lowest BCUT2D eigenvalue weighted by Crippen LogP contribution is -2.43. The molecule has 4 rings (SSSR count). The van der Waals surface area contributed by atoms with Gasteiger partial charge in [0, 0.05) is 54.2 Å². The third kappa shape index (κ3) is 4.46. The van der Waals surface area contributed by atoms with Crippen LogP contribution in [0.25, 0.3) is 10.9 Å². The lowest BCUT2D eigenvalue weighted by Gasteiger charge is -2.37. The summed E-state index contributed by atoms with van der Waals surface area (Å²) in [4.78, 5) is 21.1. The molecule has 158 valence electrons. The fourth-order valence-electron chi connectivity index (χ4n) is 4.85. The highest BCUT2D eigenvalue weighted by Crippen LogP contribution is 2.38. The van der Waals surface area contributed by atoms with Gasteiger partial charge >= 0.3 is 0 Å². The smallest absolute Gasteiger partial charge is 0.224 e. The van der Waals surface area contributed by atoms with Crippen LogP contribution in [0.2, 0.25) is 5.02 Å². The monoisotopic (exact) mass is 419 g/mol. The van der Waals surface area contributed by atoms with Crippen LogP contribution in [0.5, 0.6) is 0 Å². The number of halogens is 2. The first-order valence-electron chi connectivity index (χ1n) is 10.9. The minimum atomic E-state index is -0.673. The number of nitrogens with zero attached hydrogens (tertiary/aromatic N) is 2. The SMILES string of the molecule is CC(C)C[C@H]1c2[nH]c3ccc(Cl)cc3c2CCN1C(=O)CCN1CCC(F)CC1. The Kier molecular flexibility index (Phi) is 6.16. The van der Waals surface area contributed by atoms with Gasteiger partial charge < -0.3 is 14.8 Å². The van der Waals surface area contributed by atoms with Crippen LogP contribution in [0, 0.1) is 5.92 Å². The lowest BCUT2D eigenvalue weighted by atomic mass is 9.91. The highest BCUT2D eigenvalue weighted by atomic mass is 35.5. The van der Waals surface area contributed by atoms with Gasteiger partial charge in [0.05, 0.1) is 6.04 Å². The molecule has 3 heterocycles. The van der Waals surface area contributed by atoms with E-state index in [9.17, 15) is 9.18 Å². The molecule has 0 radical (unpaired) electrons. The zero-order valence-electron chi connectivity index (χ0n) is 17.4. The zero-order valence-corrected chi connectivity index (χ0v) is 18.1. The Balaban J connectivity index is 1.52. The van der Waals surface area contributed by atoms with Crippen LogP contribution in [-0.2, 0) is 11.2 Å². The molecule has 2 aliphatic heterocycles. The van der Waals surface area contributed by atoms with E-state index in [4.69, 9.17) is 11.6 Å². The third-order valence-electron chi connectivity index (χ3n) is 6.39. The molecule has 1 N–H and O–H groups in total. The molecule has 0 saturated carbocycles. The van der Waals surface area contributed by atoms with Crippen LogP contribution in [0.4, 0.5) is 4.39 Å². The molecule has 6 heteroatoms. The number of hydrogen-bond donors (Lipinski definition) is 1. The Labute approximate surface area is 177 Å². The van der Waals surface area contributed by atoms with Crippen LogP contribution in [-0.4, -0.2) is 53.0 Å². The molecule has 0 aliphatic carbocycles. The van der Waals surface area contributed by atoms with E-state index < -0.39 is 6.17 Å². The van der Waals surface area contributed by atoms with Gasteiger partial charge in [-0.05, 0) is 55.4 Å². The summed E-state index contributed by atoms with van der Waals surface area (Å²) in [7, 11) is 0. The molecular formula is C23H31ClFN3O. The molecule has 2 aliphatic rings. The van der Waals surface area contributed by atoms with Gasteiger partial charge in [-0.15, -0.1) is 0 Å². The van der Waals surface area contributed by atoms with Crippen LogP contribution < -0.4 is 0 Å². The molecule has 1 saturated heterocycles. The van der Waals surface area contributed by atoms with Gasteiger partial charge in [0.1, 0.15) is 6.17 Å². The Morgan fingerprint density at radius 2 is 2.03 bits per heavy atom. The zero-order chi connectivity index (χ0) is 20.5. The van der Waals surface area contributed by atoms with E-state index in [1.54, 1.807) is 0 Å². The van der Waals surface area contributed by atoms with Crippen LogP contribution in [0.1, 0.15) is 56.8 Å². The molecule has 2 aromatic rings. The predicted octanol–water partition coefficient (Wildman–Crippen LogP) is 5.12. The number of hydrogen-bond acceptors (Lipinski definition) is 2. The van der Waals surface area contributed by atoms with Gasteiger partial charge in [-0.25, -0.2) is 4.39 Å². The minimum absolute atomic E-state index is 0.0778. The summed E-state index contributed by atoms with van der Waals surface area (Å²) in [6.45, 7) is 7.41. The fourth-order valence-corrected chi connectivity index (χ4v) is 5.02. The number of carbonyl (C=O) groups excluding carboxylic acids is 1. The number of rotatable bonds is 5. The number of alkyl halides is 1. The summed E-state index contributed by atoms with van der Waals surface area (Å²) in [5, 5.41) is 1.93. The predicted molar refractivity (Wildman–Crippen MR) is 116 cm³/mol. The highest BCUT2D eigenvalue weighted by Gasteiger charge is 2.33. The first-order valence-corrected chi connectivity index (χ1v) is 11.3. The van der Waals surface area contributed by atoms with Crippen LogP contribution in [0.3, 0.4) is 0 Å². The number of aromatic nitrogens is 1. The van der Waals surface area contributed by atoms with E-state index in [-0.39, 0.29) is 11.9 Å². The first kappa shape index (κ1) is 20.7. The molecule has 1 aromatic heterocycles. The van der Waals surface area contributed by atoms with E-state index in [0.717, 1.165) is 49.6 Å². The average molecular weight is 420 g/mol. The van der Waals surface area contributed by atoms with Crippen molar-refractivity contribution < 1.29 is 9.18 Å². The fraction of sp³-hybridized carbons (Fsp3) is 0.609. The van der Waals surface area contributed by atoms with Crippen molar-refractivity contribution in [3.05, 3.63) is 34.5 Å². The van der Waals surface area contributed by atoms with E-state index in [1.165, 1.54) is 16.6 Å². The van der Waals surface area contributed by atoms with Gasteiger partial charge in [-0.3, -0.25) is 4.79 Å². The second-order valence-electron chi connectivity index (χ2n) is 8.96. The summed E-state index contributed by atoms with van der Waals surface area (Å²) in [5.74, 6) is 0.695. The molecule has 0 spiro atoms. The van der Waals surface area contributed by atoms with Crippen molar-refractivity contribution in [2.75, 3.05) is 26.2 Å². The lowest BCUT2D eigenvalue weighted by molar-refractivity contribution is -0.135. The standard InChI is InChI=1S/C23H31ClFN3O/c1-15(2)13-21-23-18(19-14-16(24)3-4-20(19)26-23)7-12-28(21)22(29)8-11-27-9-5-17(25)6-10-27/h3-4,14-15,17,21,26H,5-13H2,1-2H3/t21-/m0/s1. The number of fused-ring (bicyclic) bond motifs is 3. The van der Waals surface area contributed by atoms with E-state index >= 15 is 0 Å². The molecule has 1 aromatic carbocycles. The molecule has 1 atom stereocenters. The number of benzene rings is 1. The van der Waals surface area contributed by atoms with Crippen molar-refractivity contribution in [1.29, 1.82) is 0 Å². The number of amides is 1. The molecule has 0 unspecified atom stereocenters. The highest BCUT2D eigenvalue weighted by molar-refractivity contribution is 6.31. The number of likely N-dealkylation sites (tertiary alicyclic amines) is 1. The molecular weight excluding hydrogens is 389 g/mol. The third-order valence-corrected chi connectivity index (χ3v) is 6.62. The van der Waals surface area contributed by atoms with E-state index in [1.807, 2.05) is 18.2 Å². The first-order chi connectivity index (χ1) is 13.9. The minimum Gasteiger partial charge on any atom is -0.356 e. The summed E-state index contributed by atoms with van der Waals surface area (Å²) in [5.41, 5.74) is 3.58. The average Bonchev–Trinajstić information content (AvgIpc) is 3.05.